The molecule has 0 saturated carbocycles. The van der Waals surface area contributed by atoms with Gasteiger partial charge in [0, 0.05) is 5.56 Å². The summed E-state index contributed by atoms with van der Waals surface area (Å²) >= 11 is 0. The minimum Gasteiger partial charge on any atom is -0.486 e. The van der Waals surface area contributed by atoms with Crippen LogP contribution in [-0.2, 0) is 6.61 Å². The maximum atomic E-state index is 13.4. The van der Waals surface area contributed by atoms with Crippen molar-refractivity contribution in [3.05, 3.63) is 65.2 Å². The predicted molar refractivity (Wildman–Crippen MR) is 73.1 cm³/mol. The summed E-state index contributed by atoms with van der Waals surface area (Å²) < 4.78 is 32.1. The lowest BCUT2D eigenvalue weighted by atomic mass is 10.1. The van der Waals surface area contributed by atoms with Gasteiger partial charge in [0.1, 0.15) is 12.4 Å². The second-order valence-corrected chi connectivity index (χ2v) is 4.07. The van der Waals surface area contributed by atoms with Gasteiger partial charge in [-0.15, -0.1) is 0 Å². The third-order valence-corrected chi connectivity index (χ3v) is 2.52. The molecule has 0 saturated heterocycles. The number of nitrogens with two attached hydrogens (primary N) is 1. The van der Waals surface area contributed by atoms with Crippen LogP contribution in [0.15, 0.2) is 42.5 Å². The van der Waals surface area contributed by atoms with Gasteiger partial charge in [-0.25, -0.2) is 8.78 Å². The first-order valence-corrected chi connectivity index (χ1v) is 6.05. The number of benzene rings is 2. The summed E-state index contributed by atoms with van der Waals surface area (Å²) in [6, 6.07) is 10.4. The van der Waals surface area contributed by atoms with Crippen molar-refractivity contribution in [1.29, 1.82) is 0 Å². The van der Waals surface area contributed by atoms with Crippen LogP contribution in [0.2, 0.25) is 0 Å². The Labute approximate surface area is 116 Å². The molecule has 0 aliphatic heterocycles. The van der Waals surface area contributed by atoms with Crippen molar-refractivity contribution in [2.24, 2.45) is 5.73 Å². The topological polar surface area (TPSA) is 35.2 Å². The fraction of sp³-hybridized carbons (Fsp3) is 0.125. The van der Waals surface area contributed by atoms with Crippen LogP contribution < -0.4 is 10.5 Å². The highest BCUT2D eigenvalue weighted by Crippen LogP contribution is 2.18. The summed E-state index contributed by atoms with van der Waals surface area (Å²) in [5.74, 6) is 4.67. The lowest BCUT2D eigenvalue weighted by Gasteiger charge is -2.07. The Morgan fingerprint density at radius 1 is 1.10 bits per heavy atom. The van der Waals surface area contributed by atoms with Crippen LogP contribution >= 0.6 is 0 Å². The number of hydrogen-bond donors (Lipinski definition) is 1. The van der Waals surface area contributed by atoms with E-state index in [1.165, 1.54) is 24.3 Å². The lowest BCUT2D eigenvalue weighted by Crippen LogP contribution is -1.99. The van der Waals surface area contributed by atoms with Crippen molar-refractivity contribution in [2.75, 3.05) is 6.54 Å². The average Bonchev–Trinajstić information content (AvgIpc) is 2.44. The second-order valence-electron chi connectivity index (χ2n) is 4.07. The predicted octanol–water partition coefficient (Wildman–Crippen LogP) is 2.85. The molecule has 0 bridgehead atoms. The van der Waals surface area contributed by atoms with E-state index in [1.54, 1.807) is 18.2 Å². The molecule has 0 spiro atoms. The molecule has 20 heavy (non-hydrogen) atoms. The van der Waals surface area contributed by atoms with E-state index in [0.29, 0.717) is 11.1 Å². The zero-order valence-corrected chi connectivity index (χ0v) is 10.7. The van der Waals surface area contributed by atoms with Crippen LogP contribution in [0.3, 0.4) is 0 Å². The summed E-state index contributed by atoms with van der Waals surface area (Å²) in [7, 11) is 0. The fourth-order valence-electron chi connectivity index (χ4n) is 1.68. The number of rotatable bonds is 3. The molecule has 2 N–H and O–H groups in total. The molecule has 102 valence electrons. The molecule has 2 aromatic carbocycles. The third-order valence-electron chi connectivity index (χ3n) is 2.52. The van der Waals surface area contributed by atoms with Gasteiger partial charge in [-0.05, 0) is 35.9 Å². The van der Waals surface area contributed by atoms with Crippen molar-refractivity contribution in [3.8, 4) is 17.6 Å². The van der Waals surface area contributed by atoms with Gasteiger partial charge >= 0.3 is 0 Å². The summed E-state index contributed by atoms with van der Waals surface area (Å²) in [4.78, 5) is 0. The average molecular weight is 273 g/mol. The summed E-state index contributed by atoms with van der Waals surface area (Å²) in [5, 5.41) is 0. The molecule has 0 aliphatic carbocycles. The molecule has 0 amide bonds. The van der Waals surface area contributed by atoms with Crippen LogP contribution in [0.5, 0.6) is 5.75 Å². The highest BCUT2D eigenvalue weighted by molar-refractivity contribution is 5.38. The van der Waals surface area contributed by atoms with Crippen LogP contribution in [0.1, 0.15) is 11.1 Å². The summed E-state index contributed by atoms with van der Waals surface area (Å²) in [6.45, 7) is 0.271. The zero-order chi connectivity index (χ0) is 14.4. The fourth-order valence-corrected chi connectivity index (χ4v) is 1.68. The van der Waals surface area contributed by atoms with E-state index >= 15 is 0 Å². The third kappa shape index (κ3) is 3.81. The Morgan fingerprint density at radius 2 is 1.90 bits per heavy atom. The molecule has 0 unspecified atom stereocenters. The van der Waals surface area contributed by atoms with E-state index in [-0.39, 0.29) is 18.9 Å². The summed E-state index contributed by atoms with van der Waals surface area (Å²) in [6.07, 6.45) is 0. The number of ether oxygens (including phenoxy) is 1. The van der Waals surface area contributed by atoms with Gasteiger partial charge in [-0.2, -0.15) is 0 Å². The van der Waals surface area contributed by atoms with Crippen molar-refractivity contribution in [2.45, 2.75) is 6.61 Å². The van der Waals surface area contributed by atoms with Gasteiger partial charge in [-0.3, -0.25) is 0 Å². The van der Waals surface area contributed by atoms with Crippen molar-refractivity contribution >= 4 is 0 Å². The van der Waals surface area contributed by atoms with E-state index < -0.39 is 11.6 Å². The lowest BCUT2D eigenvalue weighted by molar-refractivity contribution is 0.290. The Balaban J connectivity index is 2.13. The molecule has 0 fully saturated rings. The SMILES string of the molecule is NCC#Cc1cc(F)cc(COc2ccccc2F)c1. The van der Waals surface area contributed by atoms with Gasteiger partial charge in [-0.1, -0.05) is 24.0 Å². The Hall–Kier alpha value is -2.38. The number of hydrogen-bond acceptors (Lipinski definition) is 2. The zero-order valence-electron chi connectivity index (χ0n) is 10.7. The van der Waals surface area contributed by atoms with Crippen molar-refractivity contribution < 1.29 is 13.5 Å². The van der Waals surface area contributed by atoms with E-state index in [0.717, 1.165) is 0 Å². The molecule has 0 atom stereocenters. The number of para-hydroxylation sites is 1. The van der Waals surface area contributed by atoms with Gasteiger partial charge < -0.3 is 10.5 Å². The molecule has 0 aliphatic rings. The van der Waals surface area contributed by atoms with Crippen molar-refractivity contribution in [1.82, 2.24) is 0 Å². The molecule has 4 heteroatoms. The Morgan fingerprint density at radius 3 is 2.65 bits per heavy atom. The minimum atomic E-state index is -0.452. The standard InChI is InChI=1S/C16H13F2NO/c17-14-9-12(4-3-7-19)8-13(10-14)11-20-16-6-2-1-5-15(16)18/h1-2,5-6,8-10H,7,11,19H2. The highest BCUT2D eigenvalue weighted by Gasteiger charge is 2.04. The van der Waals surface area contributed by atoms with Crippen LogP contribution in [0.4, 0.5) is 8.78 Å². The van der Waals surface area contributed by atoms with E-state index in [1.807, 2.05) is 0 Å². The van der Waals surface area contributed by atoms with Crippen LogP contribution in [0, 0.1) is 23.5 Å². The molecular formula is C16H13F2NO. The molecule has 2 aromatic rings. The molecule has 2 nitrogen and oxygen atoms in total. The first kappa shape index (κ1) is 14.0. The quantitative estimate of drug-likeness (QED) is 0.873. The Kier molecular flexibility index (Phi) is 4.70. The maximum absolute atomic E-state index is 13.4. The van der Waals surface area contributed by atoms with Gasteiger partial charge in [0.05, 0.1) is 6.54 Å². The van der Waals surface area contributed by atoms with Gasteiger partial charge in [0.25, 0.3) is 0 Å². The monoisotopic (exact) mass is 273 g/mol. The molecule has 0 heterocycles. The molecule has 2 rings (SSSR count). The van der Waals surface area contributed by atoms with Gasteiger partial charge in [0.15, 0.2) is 11.6 Å². The highest BCUT2D eigenvalue weighted by atomic mass is 19.1. The van der Waals surface area contributed by atoms with E-state index in [2.05, 4.69) is 11.8 Å². The molecule has 0 aromatic heterocycles. The minimum absolute atomic E-state index is 0.0655. The normalized spacial score (nSPS) is 9.75. The summed E-state index contributed by atoms with van der Waals surface area (Å²) in [5.41, 5.74) is 6.36. The molecular weight excluding hydrogens is 260 g/mol. The van der Waals surface area contributed by atoms with Crippen molar-refractivity contribution in [3.63, 3.8) is 0 Å². The first-order chi connectivity index (χ1) is 9.69. The Bertz CT molecular complexity index is 659. The van der Waals surface area contributed by atoms with E-state index in [4.69, 9.17) is 10.5 Å². The molecule has 0 radical (unpaired) electrons. The largest absolute Gasteiger partial charge is 0.486 e. The van der Waals surface area contributed by atoms with Crippen LogP contribution in [0.25, 0.3) is 0 Å². The number of halogens is 2. The smallest absolute Gasteiger partial charge is 0.165 e. The van der Waals surface area contributed by atoms with E-state index in [9.17, 15) is 8.78 Å². The van der Waals surface area contributed by atoms with Crippen LogP contribution in [-0.4, -0.2) is 6.54 Å². The second kappa shape index (κ2) is 6.69. The van der Waals surface area contributed by atoms with Gasteiger partial charge in [0.2, 0.25) is 0 Å². The maximum Gasteiger partial charge on any atom is 0.165 e. The first-order valence-electron chi connectivity index (χ1n) is 6.05.